The molecule has 2 rings (SSSR count). The van der Waals surface area contributed by atoms with Gasteiger partial charge in [0.05, 0.1) is 0 Å². The first-order valence-corrected chi connectivity index (χ1v) is 6.87. The Kier molecular flexibility index (Phi) is 3.47. The van der Waals surface area contributed by atoms with Crippen molar-refractivity contribution in [2.45, 2.75) is 45.4 Å². The summed E-state index contributed by atoms with van der Waals surface area (Å²) in [7, 11) is 0. The number of hydrogen-bond donors (Lipinski definition) is 1. The zero-order valence-electron chi connectivity index (χ0n) is 9.59. The van der Waals surface area contributed by atoms with Crippen LogP contribution in [0.25, 0.3) is 0 Å². The lowest BCUT2D eigenvalue weighted by Gasteiger charge is -2.26. The molecule has 0 spiro atoms. The number of nitrogens with two attached hydrogens (primary N) is 1. The summed E-state index contributed by atoms with van der Waals surface area (Å²) < 4.78 is 0. The first-order valence-electron chi connectivity index (χ1n) is 6.06. The highest BCUT2D eigenvalue weighted by Gasteiger charge is 2.32. The average Bonchev–Trinajstić information content (AvgIpc) is 2.88. The Balaban J connectivity index is 2.05. The fourth-order valence-corrected chi connectivity index (χ4v) is 3.79. The second kappa shape index (κ2) is 4.67. The zero-order chi connectivity index (χ0) is 10.7. The van der Waals surface area contributed by atoms with E-state index in [0.29, 0.717) is 5.41 Å². The zero-order valence-corrected chi connectivity index (χ0v) is 10.4. The minimum absolute atomic E-state index is 0.440. The smallest absolute Gasteiger partial charge is 0.00541 e. The van der Waals surface area contributed by atoms with Gasteiger partial charge in [0.15, 0.2) is 0 Å². The van der Waals surface area contributed by atoms with Crippen molar-refractivity contribution in [1.29, 1.82) is 0 Å². The van der Waals surface area contributed by atoms with Gasteiger partial charge in [-0.15, -0.1) is 11.3 Å². The second-order valence-electron chi connectivity index (χ2n) is 4.81. The van der Waals surface area contributed by atoms with Crippen LogP contribution >= 0.6 is 11.3 Å². The normalized spacial score (nSPS) is 19.6. The van der Waals surface area contributed by atoms with Crippen LogP contribution in [-0.2, 0) is 12.8 Å². The van der Waals surface area contributed by atoms with Crippen molar-refractivity contribution in [3.8, 4) is 0 Å². The van der Waals surface area contributed by atoms with E-state index in [9.17, 15) is 0 Å². The highest BCUT2D eigenvalue weighted by atomic mass is 32.1. The van der Waals surface area contributed by atoms with Crippen molar-refractivity contribution in [3.63, 3.8) is 0 Å². The molecule has 1 aliphatic carbocycles. The van der Waals surface area contributed by atoms with Crippen LogP contribution in [0.15, 0.2) is 12.1 Å². The maximum Gasteiger partial charge on any atom is 0.00541 e. The number of hydrogen-bond acceptors (Lipinski definition) is 2. The third-order valence-electron chi connectivity index (χ3n) is 3.71. The molecule has 0 unspecified atom stereocenters. The summed E-state index contributed by atoms with van der Waals surface area (Å²) in [6, 6.07) is 4.58. The molecule has 0 aromatic carbocycles. The fraction of sp³-hybridized carbons (Fsp3) is 0.692. The Labute approximate surface area is 96.7 Å². The van der Waals surface area contributed by atoms with E-state index in [-0.39, 0.29) is 0 Å². The van der Waals surface area contributed by atoms with Gasteiger partial charge in [-0.3, -0.25) is 0 Å². The minimum atomic E-state index is 0.440. The highest BCUT2D eigenvalue weighted by Crippen LogP contribution is 2.41. The first kappa shape index (κ1) is 11.2. The lowest BCUT2D eigenvalue weighted by molar-refractivity contribution is 0.309. The Bertz CT molecular complexity index is 310. The van der Waals surface area contributed by atoms with Crippen molar-refractivity contribution < 1.29 is 0 Å². The van der Waals surface area contributed by atoms with Gasteiger partial charge in [0, 0.05) is 9.75 Å². The van der Waals surface area contributed by atoms with E-state index < -0.39 is 0 Å². The monoisotopic (exact) mass is 223 g/mol. The molecule has 1 aliphatic rings. The molecule has 2 N–H and O–H groups in total. The predicted molar refractivity (Wildman–Crippen MR) is 67.4 cm³/mol. The van der Waals surface area contributed by atoms with Gasteiger partial charge in [0.25, 0.3) is 0 Å². The summed E-state index contributed by atoms with van der Waals surface area (Å²) in [5, 5.41) is 0. The number of thiophene rings is 1. The molecule has 0 amide bonds. The Morgan fingerprint density at radius 3 is 2.47 bits per heavy atom. The van der Waals surface area contributed by atoms with Crippen LogP contribution in [0.1, 0.15) is 42.4 Å². The molecule has 2 heteroatoms. The van der Waals surface area contributed by atoms with Crippen molar-refractivity contribution in [3.05, 3.63) is 21.9 Å². The summed E-state index contributed by atoms with van der Waals surface area (Å²) in [4.78, 5) is 3.05. The maximum absolute atomic E-state index is 5.96. The molecule has 0 radical (unpaired) electrons. The standard InChI is InChI=1S/C13H21NS/c1-2-11-5-6-12(15-11)9-13(10-14)7-3-4-8-13/h5-6H,2-4,7-10,14H2,1H3. The van der Waals surface area contributed by atoms with Crippen molar-refractivity contribution in [2.75, 3.05) is 6.54 Å². The molecule has 0 atom stereocenters. The summed E-state index contributed by atoms with van der Waals surface area (Å²) in [6.45, 7) is 3.09. The van der Waals surface area contributed by atoms with E-state index in [4.69, 9.17) is 5.73 Å². The lowest BCUT2D eigenvalue weighted by Crippen LogP contribution is -2.29. The molecule has 1 fully saturated rings. The number of aryl methyl sites for hydroxylation is 1. The summed E-state index contributed by atoms with van der Waals surface area (Å²) in [6.07, 6.45) is 7.81. The van der Waals surface area contributed by atoms with Gasteiger partial charge in [0.1, 0.15) is 0 Å². The SMILES string of the molecule is CCc1ccc(CC2(CN)CCCC2)s1. The van der Waals surface area contributed by atoms with E-state index in [0.717, 1.165) is 6.54 Å². The molecule has 1 saturated carbocycles. The molecular formula is C13H21NS. The van der Waals surface area contributed by atoms with Crippen molar-refractivity contribution >= 4 is 11.3 Å². The third kappa shape index (κ3) is 2.43. The van der Waals surface area contributed by atoms with Gasteiger partial charge < -0.3 is 5.73 Å². The van der Waals surface area contributed by atoms with Crippen LogP contribution in [0.2, 0.25) is 0 Å². The Morgan fingerprint density at radius 1 is 1.27 bits per heavy atom. The van der Waals surface area contributed by atoms with Gasteiger partial charge >= 0.3 is 0 Å². The summed E-state index contributed by atoms with van der Waals surface area (Å²) in [5.74, 6) is 0. The van der Waals surface area contributed by atoms with Crippen LogP contribution in [-0.4, -0.2) is 6.54 Å². The molecule has 0 saturated heterocycles. The van der Waals surface area contributed by atoms with Crippen LogP contribution in [0.3, 0.4) is 0 Å². The molecule has 84 valence electrons. The fourth-order valence-electron chi connectivity index (χ4n) is 2.66. The Morgan fingerprint density at radius 2 is 1.93 bits per heavy atom. The van der Waals surface area contributed by atoms with E-state index in [1.54, 1.807) is 4.88 Å². The van der Waals surface area contributed by atoms with Crippen LogP contribution in [0.4, 0.5) is 0 Å². The molecule has 1 aromatic heterocycles. The molecule has 15 heavy (non-hydrogen) atoms. The van der Waals surface area contributed by atoms with Crippen LogP contribution < -0.4 is 5.73 Å². The quantitative estimate of drug-likeness (QED) is 0.832. The third-order valence-corrected chi connectivity index (χ3v) is 4.94. The molecular weight excluding hydrogens is 202 g/mol. The van der Waals surface area contributed by atoms with Crippen LogP contribution in [0.5, 0.6) is 0 Å². The van der Waals surface area contributed by atoms with Crippen LogP contribution in [0, 0.1) is 5.41 Å². The Hall–Kier alpha value is -0.340. The predicted octanol–water partition coefficient (Wildman–Crippen LogP) is 3.37. The topological polar surface area (TPSA) is 26.0 Å². The van der Waals surface area contributed by atoms with Crippen molar-refractivity contribution in [1.82, 2.24) is 0 Å². The first-order chi connectivity index (χ1) is 7.28. The van der Waals surface area contributed by atoms with Gasteiger partial charge in [-0.1, -0.05) is 19.8 Å². The molecule has 1 nitrogen and oxygen atoms in total. The molecule has 1 heterocycles. The minimum Gasteiger partial charge on any atom is -0.330 e. The largest absolute Gasteiger partial charge is 0.330 e. The summed E-state index contributed by atoms with van der Waals surface area (Å²) >= 11 is 1.98. The van der Waals surface area contributed by atoms with E-state index >= 15 is 0 Å². The van der Waals surface area contributed by atoms with E-state index in [1.165, 1.54) is 43.4 Å². The highest BCUT2D eigenvalue weighted by molar-refractivity contribution is 7.11. The molecule has 0 aliphatic heterocycles. The van der Waals surface area contributed by atoms with Gasteiger partial charge in [-0.25, -0.2) is 0 Å². The average molecular weight is 223 g/mol. The second-order valence-corrected chi connectivity index (χ2v) is 6.06. The van der Waals surface area contributed by atoms with Gasteiger partial charge in [-0.05, 0) is 49.8 Å². The maximum atomic E-state index is 5.96. The molecule has 0 bridgehead atoms. The summed E-state index contributed by atoms with van der Waals surface area (Å²) in [5.41, 5.74) is 6.40. The van der Waals surface area contributed by atoms with E-state index in [2.05, 4.69) is 19.1 Å². The lowest BCUT2D eigenvalue weighted by atomic mass is 9.82. The molecule has 1 aromatic rings. The van der Waals surface area contributed by atoms with Gasteiger partial charge in [0.2, 0.25) is 0 Å². The van der Waals surface area contributed by atoms with Gasteiger partial charge in [-0.2, -0.15) is 0 Å². The van der Waals surface area contributed by atoms with E-state index in [1.807, 2.05) is 11.3 Å². The number of rotatable bonds is 4. The van der Waals surface area contributed by atoms with Crippen molar-refractivity contribution in [2.24, 2.45) is 11.1 Å².